The van der Waals surface area contributed by atoms with Crippen molar-refractivity contribution in [3.05, 3.63) is 149 Å². The highest BCUT2D eigenvalue weighted by Gasteiger charge is 2.13. The predicted octanol–water partition coefficient (Wildman–Crippen LogP) is 9.47. The van der Waals surface area contributed by atoms with Gasteiger partial charge in [-0.3, -0.25) is 9.59 Å². The zero-order chi connectivity index (χ0) is 35.1. The van der Waals surface area contributed by atoms with E-state index < -0.39 is 11.9 Å². The summed E-state index contributed by atoms with van der Waals surface area (Å²) in [7, 11) is 0. The first kappa shape index (κ1) is 35.1. The maximum absolute atomic E-state index is 11.6. The maximum Gasteiger partial charge on any atom is 0.320 e. The summed E-state index contributed by atoms with van der Waals surface area (Å²) in [6, 6.07) is 45.4. The van der Waals surface area contributed by atoms with Crippen LogP contribution in [0, 0.1) is 22.7 Å². The van der Waals surface area contributed by atoms with Crippen LogP contribution in [0.5, 0.6) is 0 Å². The van der Waals surface area contributed by atoms with Gasteiger partial charge in [-0.2, -0.15) is 10.5 Å². The number of carbonyl (C=O) groups is 2. The summed E-state index contributed by atoms with van der Waals surface area (Å²) in [5, 5.41) is 17.3. The summed E-state index contributed by atoms with van der Waals surface area (Å²) in [6.45, 7) is 2.44. The van der Waals surface area contributed by atoms with E-state index in [0.29, 0.717) is 0 Å². The van der Waals surface area contributed by atoms with Gasteiger partial charge in [0.15, 0.2) is 0 Å². The number of benzene rings is 5. The van der Waals surface area contributed by atoms with E-state index in [1.807, 2.05) is 54.6 Å². The second kappa shape index (κ2) is 17.8. The summed E-state index contributed by atoms with van der Waals surface area (Å²) < 4.78 is 10.3. The number of nitrogens with zero attached hydrogens (tertiary/aromatic N) is 3. The lowest BCUT2D eigenvalue weighted by Gasteiger charge is -2.26. The van der Waals surface area contributed by atoms with Gasteiger partial charge in [0.1, 0.15) is 26.1 Å². The molecular weight excluding hydrogens is 622 g/mol. The van der Waals surface area contributed by atoms with Crippen LogP contribution >= 0.6 is 0 Å². The fourth-order valence-electron chi connectivity index (χ4n) is 5.59. The topological polar surface area (TPSA) is 103 Å². The minimum Gasteiger partial charge on any atom is -0.460 e. The van der Waals surface area contributed by atoms with E-state index >= 15 is 0 Å². The Balaban J connectivity index is 1.19. The van der Waals surface area contributed by atoms with Crippen LogP contribution in [0.25, 0.3) is 11.1 Å². The fourth-order valence-corrected chi connectivity index (χ4v) is 5.59. The standard InChI is InChI=1S/C43H39N3O4/c1-2-32-10-20-39(21-11-32)46(41-24-14-36(15-25-41)31-50-43(48)27-29-45)40-22-12-34(13-23-40)5-3-4-33-6-16-37(17-7-33)38-18-8-35(9-19-38)30-49-42(47)26-28-44/h6-25H,2-5,26-27,30-31H2,1H3. The summed E-state index contributed by atoms with van der Waals surface area (Å²) >= 11 is 0. The van der Waals surface area contributed by atoms with Crippen molar-refractivity contribution in [2.45, 2.75) is 58.7 Å². The first-order valence-corrected chi connectivity index (χ1v) is 16.8. The molecular formula is C43H39N3O4. The van der Waals surface area contributed by atoms with E-state index in [4.69, 9.17) is 20.0 Å². The number of carbonyl (C=O) groups excluding carboxylic acids is 2. The first-order chi connectivity index (χ1) is 24.4. The van der Waals surface area contributed by atoms with Crippen LogP contribution < -0.4 is 4.90 Å². The van der Waals surface area contributed by atoms with Crippen molar-refractivity contribution in [2.24, 2.45) is 0 Å². The van der Waals surface area contributed by atoms with E-state index in [1.165, 1.54) is 16.7 Å². The molecule has 0 fully saturated rings. The number of rotatable bonds is 15. The second-order valence-corrected chi connectivity index (χ2v) is 11.9. The third-order valence-corrected chi connectivity index (χ3v) is 8.41. The van der Waals surface area contributed by atoms with E-state index in [0.717, 1.165) is 65.0 Å². The van der Waals surface area contributed by atoms with Crippen molar-refractivity contribution in [1.82, 2.24) is 0 Å². The summed E-state index contributed by atoms with van der Waals surface area (Å²) in [4.78, 5) is 25.3. The van der Waals surface area contributed by atoms with Crippen LogP contribution in [-0.2, 0) is 51.5 Å². The molecule has 0 amide bonds. The molecule has 0 spiro atoms. The number of aryl methyl sites for hydroxylation is 3. The molecule has 0 aliphatic carbocycles. The van der Waals surface area contributed by atoms with Crippen molar-refractivity contribution < 1.29 is 19.1 Å². The predicted molar refractivity (Wildman–Crippen MR) is 194 cm³/mol. The van der Waals surface area contributed by atoms with E-state index in [1.54, 1.807) is 6.07 Å². The van der Waals surface area contributed by atoms with Gasteiger partial charge >= 0.3 is 11.9 Å². The molecule has 0 aliphatic rings. The van der Waals surface area contributed by atoms with Gasteiger partial charge in [-0.05, 0) is 101 Å². The Morgan fingerprint density at radius 3 is 1.24 bits per heavy atom. The van der Waals surface area contributed by atoms with Crippen molar-refractivity contribution in [3.63, 3.8) is 0 Å². The van der Waals surface area contributed by atoms with Gasteiger partial charge in [-0.15, -0.1) is 0 Å². The van der Waals surface area contributed by atoms with Gasteiger partial charge in [0.2, 0.25) is 0 Å². The Labute approximate surface area is 293 Å². The molecule has 0 heterocycles. The molecule has 0 saturated heterocycles. The highest BCUT2D eigenvalue weighted by atomic mass is 16.5. The minimum absolute atomic E-state index is 0.131. The third-order valence-electron chi connectivity index (χ3n) is 8.41. The van der Waals surface area contributed by atoms with Crippen LogP contribution in [0.4, 0.5) is 17.1 Å². The molecule has 7 nitrogen and oxygen atoms in total. The van der Waals surface area contributed by atoms with Gasteiger partial charge < -0.3 is 14.4 Å². The molecule has 0 N–H and O–H groups in total. The summed E-state index contributed by atoms with van der Waals surface area (Å²) in [5.41, 5.74) is 10.9. The average Bonchev–Trinajstić information content (AvgIpc) is 3.15. The quantitative estimate of drug-likeness (QED) is 0.103. The largest absolute Gasteiger partial charge is 0.460 e. The Hall–Kier alpha value is -6.18. The van der Waals surface area contributed by atoms with E-state index in [9.17, 15) is 9.59 Å². The maximum atomic E-state index is 11.6. The molecule has 50 heavy (non-hydrogen) atoms. The van der Waals surface area contributed by atoms with Crippen LogP contribution in [0.2, 0.25) is 0 Å². The number of esters is 2. The minimum atomic E-state index is -0.524. The lowest BCUT2D eigenvalue weighted by atomic mass is 9.99. The molecule has 0 bridgehead atoms. The lowest BCUT2D eigenvalue weighted by molar-refractivity contribution is -0.144. The molecule has 0 atom stereocenters. The number of hydrogen-bond acceptors (Lipinski definition) is 7. The number of anilines is 3. The number of hydrogen-bond donors (Lipinski definition) is 0. The Morgan fingerprint density at radius 1 is 0.520 bits per heavy atom. The van der Waals surface area contributed by atoms with Gasteiger partial charge in [-0.1, -0.05) is 91.9 Å². The van der Waals surface area contributed by atoms with E-state index in [-0.39, 0.29) is 26.1 Å². The Kier molecular flexibility index (Phi) is 12.5. The highest BCUT2D eigenvalue weighted by Crippen LogP contribution is 2.35. The highest BCUT2D eigenvalue weighted by molar-refractivity contribution is 5.77. The molecule has 0 saturated carbocycles. The number of nitriles is 2. The Bertz CT molecular complexity index is 1940. The summed E-state index contributed by atoms with van der Waals surface area (Å²) in [5.74, 6) is -1.04. The van der Waals surface area contributed by atoms with Crippen molar-refractivity contribution >= 4 is 29.0 Å². The summed E-state index contributed by atoms with van der Waals surface area (Å²) in [6.07, 6.45) is 3.45. The molecule has 5 aromatic carbocycles. The second-order valence-electron chi connectivity index (χ2n) is 11.9. The van der Waals surface area contributed by atoms with Crippen molar-refractivity contribution in [3.8, 4) is 23.3 Å². The van der Waals surface area contributed by atoms with Crippen LogP contribution in [0.3, 0.4) is 0 Å². The number of ether oxygens (including phenoxy) is 2. The van der Waals surface area contributed by atoms with E-state index in [2.05, 4.69) is 84.6 Å². The molecule has 0 unspecified atom stereocenters. The Morgan fingerprint density at radius 2 is 0.860 bits per heavy atom. The van der Waals surface area contributed by atoms with Crippen molar-refractivity contribution in [2.75, 3.05) is 4.90 Å². The SMILES string of the molecule is CCc1ccc(N(c2ccc(CCCc3ccc(-c4ccc(COC(=O)CC#N)cc4)cc3)cc2)c2ccc(COC(=O)CC#N)cc2)cc1. The third kappa shape index (κ3) is 9.92. The molecule has 5 aromatic rings. The molecule has 5 rings (SSSR count). The van der Waals surface area contributed by atoms with Gasteiger partial charge in [-0.25, -0.2) is 0 Å². The first-order valence-electron chi connectivity index (χ1n) is 16.8. The van der Waals surface area contributed by atoms with Gasteiger partial charge in [0, 0.05) is 17.1 Å². The molecule has 0 aromatic heterocycles. The van der Waals surface area contributed by atoms with Crippen molar-refractivity contribution in [1.29, 1.82) is 10.5 Å². The molecule has 250 valence electrons. The lowest BCUT2D eigenvalue weighted by Crippen LogP contribution is -2.10. The fraction of sp³-hybridized carbons (Fsp3) is 0.209. The average molecular weight is 662 g/mol. The van der Waals surface area contributed by atoms with Crippen LogP contribution in [0.15, 0.2) is 121 Å². The molecule has 0 aliphatic heterocycles. The smallest absolute Gasteiger partial charge is 0.320 e. The zero-order valence-electron chi connectivity index (χ0n) is 28.2. The monoisotopic (exact) mass is 661 g/mol. The van der Waals surface area contributed by atoms with Crippen LogP contribution in [0.1, 0.15) is 54.0 Å². The van der Waals surface area contributed by atoms with Gasteiger partial charge in [0.25, 0.3) is 0 Å². The molecule has 7 heteroatoms. The zero-order valence-corrected chi connectivity index (χ0v) is 28.2. The molecule has 0 radical (unpaired) electrons. The normalized spacial score (nSPS) is 10.5. The van der Waals surface area contributed by atoms with Gasteiger partial charge in [0.05, 0.1) is 12.1 Å². The van der Waals surface area contributed by atoms with Crippen LogP contribution in [-0.4, -0.2) is 11.9 Å².